The number of nitrogens with two attached hydrogens (primary N) is 1. The summed E-state index contributed by atoms with van der Waals surface area (Å²) in [7, 11) is 0. The van der Waals surface area contributed by atoms with Gasteiger partial charge in [-0.05, 0) is 36.0 Å². The Kier molecular flexibility index (Phi) is 4.02. The van der Waals surface area contributed by atoms with E-state index in [1.165, 1.54) is 4.68 Å². The molecule has 2 N–H and O–H groups in total. The largest absolute Gasteiger partial charge is 0.357 e. The normalized spacial score (nSPS) is 13.0. The molecule has 0 aliphatic rings. The Hall–Kier alpha value is -0.950. The second-order valence-corrected chi connectivity index (χ2v) is 3.34. The Morgan fingerprint density at radius 1 is 1.57 bits per heavy atom. The van der Waals surface area contributed by atoms with Crippen molar-refractivity contribution in [1.29, 1.82) is 0 Å². The van der Waals surface area contributed by atoms with E-state index in [1.54, 1.807) is 0 Å². The van der Waals surface area contributed by atoms with Crippen molar-refractivity contribution in [3.8, 4) is 0 Å². The molecule has 1 atom stereocenters. The van der Waals surface area contributed by atoms with Crippen molar-refractivity contribution in [3.63, 3.8) is 0 Å². The van der Waals surface area contributed by atoms with Crippen molar-refractivity contribution in [2.45, 2.75) is 32.9 Å². The zero-order chi connectivity index (χ0) is 10.6. The highest BCUT2D eigenvalue weighted by molar-refractivity contribution is 7.71. The van der Waals surface area contributed by atoms with Crippen LogP contribution in [0.15, 0.2) is 0 Å². The lowest BCUT2D eigenvalue weighted by Crippen LogP contribution is -2.14. The van der Waals surface area contributed by atoms with Crippen LogP contribution >= 0.6 is 12.2 Å². The third kappa shape index (κ3) is 2.52. The summed E-state index contributed by atoms with van der Waals surface area (Å²) in [5, 5.41) is 7.36. The lowest BCUT2D eigenvalue weighted by atomic mass is 10.4. The second kappa shape index (κ2) is 5.06. The topological polar surface area (TPSA) is 70.9 Å². The molecule has 0 spiro atoms. The molecule has 14 heavy (non-hydrogen) atoms. The van der Waals surface area contributed by atoms with Gasteiger partial charge in [-0.15, -0.1) is 4.79 Å². The van der Waals surface area contributed by atoms with E-state index < -0.39 is 0 Å². The number of unbranched alkanes of at least 4 members (excludes halogenated alkanes) is 1. The minimum Gasteiger partial charge on any atom is -0.357 e. The lowest BCUT2D eigenvalue weighted by Gasteiger charge is -2.11. The first kappa shape index (κ1) is 11.1. The van der Waals surface area contributed by atoms with Crippen LogP contribution in [0.4, 0.5) is 0 Å². The number of ether oxygens (including phenoxy) is 1. The summed E-state index contributed by atoms with van der Waals surface area (Å²) >= 11 is 4.98. The van der Waals surface area contributed by atoms with E-state index in [-0.39, 0.29) is 6.23 Å². The Labute approximate surface area is 87.6 Å². The zero-order valence-electron chi connectivity index (χ0n) is 8.38. The molecule has 1 unspecified atom stereocenters. The Bertz CT molecular complexity index is 333. The Balaban J connectivity index is 2.56. The molecule has 0 bridgehead atoms. The van der Waals surface area contributed by atoms with Crippen molar-refractivity contribution < 1.29 is 4.74 Å². The minimum absolute atomic E-state index is 0.216. The fourth-order valence-corrected chi connectivity index (χ4v) is 1.19. The van der Waals surface area contributed by atoms with Crippen LogP contribution in [-0.2, 0) is 4.74 Å². The van der Waals surface area contributed by atoms with Gasteiger partial charge in [0.05, 0.1) is 0 Å². The molecule has 1 aromatic rings. The van der Waals surface area contributed by atoms with Crippen molar-refractivity contribution in [2.24, 2.45) is 0 Å². The van der Waals surface area contributed by atoms with Crippen LogP contribution in [0.3, 0.4) is 0 Å². The van der Waals surface area contributed by atoms with Gasteiger partial charge < -0.3 is 10.6 Å². The van der Waals surface area contributed by atoms with Crippen LogP contribution < -0.4 is 5.84 Å². The summed E-state index contributed by atoms with van der Waals surface area (Å²) in [6, 6.07) is 0. The summed E-state index contributed by atoms with van der Waals surface area (Å²) in [5.74, 6) is 5.40. The molecule has 0 radical (unpaired) electrons. The molecule has 0 aliphatic heterocycles. The molecule has 7 heteroatoms. The summed E-state index contributed by atoms with van der Waals surface area (Å²) in [4.78, 5) is 1.05. The third-order valence-electron chi connectivity index (χ3n) is 1.83. The van der Waals surface area contributed by atoms with E-state index in [2.05, 4.69) is 17.4 Å². The summed E-state index contributed by atoms with van der Waals surface area (Å²) < 4.78 is 7.32. The van der Waals surface area contributed by atoms with E-state index >= 15 is 0 Å². The average molecular weight is 217 g/mol. The first-order valence-electron chi connectivity index (χ1n) is 4.58. The van der Waals surface area contributed by atoms with E-state index in [0.29, 0.717) is 11.4 Å². The van der Waals surface area contributed by atoms with Gasteiger partial charge in [0, 0.05) is 6.61 Å². The van der Waals surface area contributed by atoms with Crippen LogP contribution in [0.25, 0.3) is 0 Å². The SMILES string of the molecule is CCCCOC(C)n1nnn(N)c1=S. The monoisotopic (exact) mass is 217 g/mol. The first-order chi connectivity index (χ1) is 6.66. The summed E-state index contributed by atoms with van der Waals surface area (Å²) in [6.07, 6.45) is 1.90. The molecular weight excluding hydrogens is 202 g/mol. The molecule has 1 heterocycles. The number of hydrogen-bond donors (Lipinski definition) is 1. The highest BCUT2D eigenvalue weighted by atomic mass is 32.1. The maximum absolute atomic E-state index is 5.49. The fourth-order valence-electron chi connectivity index (χ4n) is 0.965. The molecule has 0 saturated heterocycles. The van der Waals surface area contributed by atoms with Crippen molar-refractivity contribution in [1.82, 2.24) is 19.9 Å². The van der Waals surface area contributed by atoms with Gasteiger partial charge in [-0.3, -0.25) is 0 Å². The lowest BCUT2D eigenvalue weighted by molar-refractivity contribution is 0.00411. The molecule has 1 rings (SSSR count). The molecule has 1 aromatic heterocycles. The van der Waals surface area contributed by atoms with E-state index in [9.17, 15) is 0 Å². The number of rotatable bonds is 5. The van der Waals surface area contributed by atoms with Gasteiger partial charge in [0.1, 0.15) is 0 Å². The van der Waals surface area contributed by atoms with E-state index in [0.717, 1.165) is 17.6 Å². The quantitative estimate of drug-likeness (QED) is 0.450. The third-order valence-corrected chi connectivity index (χ3v) is 2.20. The molecule has 80 valence electrons. The van der Waals surface area contributed by atoms with Crippen molar-refractivity contribution in [2.75, 3.05) is 12.4 Å². The van der Waals surface area contributed by atoms with Gasteiger partial charge in [-0.25, -0.2) is 0 Å². The van der Waals surface area contributed by atoms with Crippen molar-refractivity contribution in [3.05, 3.63) is 4.77 Å². The average Bonchev–Trinajstić information content (AvgIpc) is 2.48. The molecule has 0 amide bonds. The number of aromatic nitrogens is 4. The molecular formula is C7H15N5OS. The first-order valence-corrected chi connectivity index (χ1v) is 4.98. The minimum atomic E-state index is -0.216. The smallest absolute Gasteiger partial charge is 0.239 e. The van der Waals surface area contributed by atoms with E-state index in [4.69, 9.17) is 22.8 Å². The van der Waals surface area contributed by atoms with Crippen LogP contribution in [0.5, 0.6) is 0 Å². The second-order valence-electron chi connectivity index (χ2n) is 2.97. The van der Waals surface area contributed by atoms with Gasteiger partial charge in [0.2, 0.25) is 4.77 Å². The molecule has 0 saturated carbocycles. The number of hydrogen-bond acceptors (Lipinski definition) is 5. The Morgan fingerprint density at radius 3 is 2.79 bits per heavy atom. The maximum Gasteiger partial charge on any atom is 0.239 e. The zero-order valence-corrected chi connectivity index (χ0v) is 9.20. The number of nitrogens with zero attached hydrogens (tertiary/aromatic N) is 4. The van der Waals surface area contributed by atoms with Gasteiger partial charge in [-0.2, -0.15) is 4.68 Å². The van der Waals surface area contributed by atoms with Crippen molar-refractivity contribution >= 4 is 12.2 Å². The van der Waals surface area contributed by atoms with Crippen LogP contribution in [0, 0.1) is 4.77 Å². The van der Waals surface area contributed by atoms with Crippen LogP contribution in [0.2, 0.25) is 0 Å². The van der Waals surface area contributed by atoms with Gasteiger partial charge in [-0.1, -0.05) is 13.3 Å². The Morgan fingerprint density at radius 2 is 2.29 bits per heavy atom. The van der Waals surface area contributed by atoms with Crippen LogP contribution in [0.1, 0.15) is 32.9 Å². The maximum atomic E-state index is 5.49. The summed E-state index contributed by atoms with van der Waals surface area (Å²) in [5.41, 5.74) is 0. The van der Waals surface area contributed by atoms with Crippen LogP contribution in [-0.4, -0.2) is 26.5 Å². The van der Waals surface area contributed by atoms with Gasteiger partial charge in [0.15, 0.2) is 6.23 Å². The summed E-state index contributed by atoms with van der Waals surface area (Å²) in [6.45, 7) is 4.66. The highest BCUT2D eigenvalue weighted by Crippen LogP contribution is 2.06. The highest BCUT2D eigenvalue weighted by Gasteiger charge is 2.08. The van der Waals surface area contributed by atoms with E-state index in [1.807, 2.05) is 6.92 Å². The predicted octanol–water partition coefficient (Wildman–Crippen LogP) is 0.858. The van der Waals surface area contributed by atoms with Gasteiger partial charge in [0.25, 0.3) is 0 Å². The molecule has 0 aromatic carbocycles. The number of nitrogen functional groups attached to an aromatic ring is 1. The fraction of sp³-hybridized carbons (Fsp3) is 0.857. The standard InChI is InChI=1S/C7H15N5OS/c1-3-4-5-13-6(2)11-7(14)12(8)10-9-11/h6H,3-5,8H2,1-2H3. The molecule has 0 aliphatic carbocycles. The molecule has 6 nitrogen and oxygen atoms in total. The number of tetrazole rings is 1. The van der Waals surface area contributed by atoms with Gasteiger partial charge >= 0.3 is 0 Å². The predicted molar refractivity (Wildman–Crippen MR) is 54.6 cm³/mol. The molecule has 0 fully saturated rings.